The van der Waals surface area contributed by atoms with Gasteiger partial charge in [-0.15, -0.1) is 0 Å². The number of ether oxygens (including phenoxy) is 2. The summed E-state index contributed by atoms with van der Waals surface area (Å²) in [6.45, 7) is 23.4. The van der Waals surface area contributed by atoms with Gasteiger partial charge in [0.05, 0.1) is 29.3 Å². The van der Waals surface area contributed by atoms with Crippen molar-refractivity contribution in [2.75, 3.05) is 24.0 Å². The predicted molar refractivity (Wildman–Crippen MR) is 170 cm³/mol. The summed E-state index contributed by atoms with van der Waals surface area (Å²) in [7, 11) is 3.70. The van der Waals surface area contributed by atoms with Gasteiger partial charge in [-0.3, -0.25) is 14.7 Å². The van der Waals surface area contributed by atoms with Crippen LogP contribution in [0.3, 0.4) is 0 Å². The van der Waals surface area contributed by atoms with E-state index >= 15 is 0 Å². The van der Waals surface area contributed by atoms with Crippen LogP contribution in [0.4, 0.5) is 11.6 Å². The summed E-state index contributed by atoms with van der Waals surface area (Å²) >= 11 is 0. The molecule has 1 amide bonds. The van der Waals surface area contributed by atoms with Gasteiger partial charge in [0.15, 0.2) is 11.6 Å². The molecule has 0 radical (unpaired) electrons. The molecule has 2 aromatic heterocycles. The van der Waals surface area contributed by atoms with Crippen molar-refractivity contribution in [3.05, 3.63) is 30.2 Å². The van der Waals surface area contributed by atoms with Crippen LogP contribution in [0.25, 0.3) is 11.3 Å². The highest BCUT2D eigenvalue weighted by molar-refractivity contribution is 6.06. The van der Waals surface area contributed by atoms with Gasteiger partial charge in [-0.1, -0.05) is 41.5 Å². The smallest absolute Gasteiger partial charge is 0.253 e. The van der Waals surface area contributed by atoms with Crippen LogP contribution in [0.1, 0.15) is 108 Å². The molecule has 0 aromatic carbocycles. The maximum Gasteiger partial charge on any atom is 0.253 e. The maximum absolute atomic E-state index is 14.0. The fourth-order valence-electron chi connectivity index (χ4n) is 7.33. The number of likely N-dealkylation sites (N-methyl/N-ethyl adjacent to an activating group) is 1. The van der Waals surface area contributed by atoms with Crippen LogP contribution in [0.5, 0.6) is 0 Å². The SMILES string of the molecule is COC(c1ccc(-c2cnc3c(n2)N(C2CCC(OC(C)(C)C)CC2)C(=O)C(C)(C)N3C)cn1)(C(C)(C)C)C(C)(C)C. The Kier molecular flexibility index (Phi) is 8.35. The topological polar surface area (TPSA) is 80.7 Å². The Balaban J connectivity index is 1.72. The molecule has 0 spiro atoms. The first-order valence-corrected chi connectivity index (χ1v) is 15.4. The minimum absolute atomic E-state index is 0.0509. The third-order valence-electron chi connectivity index (χ3n) is 9.23. The lowest BCUT2D eigenvalue weighted by molar-refractivity contribution is -0.173. The molecule has 0 bridgehead atoms. The molecule has 0 atom stereocenters. The van der Waals surface area contributed by atoms with E-state index in [0.29, 0.717) is 11.5 Å². The zero-order valence-electron chi connectivity index (χ0n) is 28.3. The lowest BCUT2D eigenvalue weighted by Crippen LogP contribution is -2.62. The van der Waals surface area contributed by atoms with Crippen molar-refractivity contribution >= 4 is 17.5 Å². The summed E-state index contributed by atoms with van der Waals surface area (Å²) in [6, 6.07) is 4.14. The summed E-state index contributed by atoms with van der Waals surface area (Å²) in [5.74, 6) is 1.40. The summed E-state index contributed by atoms with van der Waals surface area (Å²) in [5.41, 5.74) is 0.517. The van der Waals surface area contributed by atoms with E-state index in [9.17, 15) is 4.79 Å². The molecular formula is C34H53N5O3. The summed E-state index contributed by atoms with van der Waals surface area (Å²) in [4.78, 5) is 32.8. The van der Waals surface area contributed by atoms with Crippen LogP contribution in [-0.4, -0.2) is 58.3 Å². The van der Waals surface area contributed by atoms with E-state index in [1.165, 1.54) is 0 Å². The predicted octanol–water partition coefficient (Wildman–Crippen LogP) is 7.16. The lowest BCUT2D eigenvalue weighted by atomic mass is 9.60. The summed E-state index contributed by atoms with van der Waals surface area (Å²) < 4.78 is 12.6. The van der Waals surface area contributed by atoms with Crippen LogP contribution in [-0.2, 0) is 19.9 Å². The molecule has 2 aliphatic rings. The highest BCUT2D eigenvalue weighted by Crippen LogP contribution is 2.53. The molecule has 0 N–H and O–H groups in total. The van der Waals surface area contributed by atoms with Crippen molar-refractivity contribution in [2.45, 2.75) is 131 Å². The van der Waals surface area contributed by atoms with Crippen LogP contribution >= 0.6 is 0 Å². The zero-order chi connectivity index (χ0) is 31.5. The molecule has 0 unspecified atom stereocenters. The molecule has 4 rings (SSSR count). The number of methoxy groups -OCH3 is 1. The second-order valence-corrected chi connectivity index (χ2v) is 15.7. The monoisotopic (exact) mass is 579 g/mol. The van der Waals surface area contributed by atoms with Crippen molar-refractivity contribution in [1.29, 1.82) is 0 Å². The number of amides is 1. The number of hydrogen-bond acceptors (Lipinski definition) is 7. The van der Waals surface area contributed by atoms with Gasteiger partial charge in [0.1, 0.15) is 11.1 Å². The molecule has 0 saturated heterocycles. The van der Waals surface area contributed by atoms with Crippen LogP contribution in [0.2, 0.25) is 0 Å². The van der Waals surface area contributed by atoms with E-state index in [2.05, 4.69) is 62.3 Å². The maximum atomic E-state index is 14.0. The Morgan fingerprint density at radius 1 is 0.857 bits per heavy atom. The number of fused-ring (bicyclic) bond motifs is 1. The second-order valence-electron chi connectivity index (χ2n) is 15.7. The molecule has 3 heterocycles. The molecule has 1 fully saturated rings. The van der Waals surface area contributed by atoms with Gasteiger partial charge < -0.3 is 14.4 Å². The number of anilines is 2. The fraction of sp³-hybridized carbons (Fsp3) is 0.706. The number of nitrogens with zero attached hydrogens (tertiary/aromatic N) is 5. The molecule has 8 heteroatoms. The Labute approximate surface area is 253 Å². The van der Waals surface area contributed by atoms with Gasteiger partial charge in [0.25, 0.3) is 5.91 Å². The highest BCUT2D eigenvalue weighted by atomic mass is 16.5. The Morgan fingerprint density at radius 3 is 1.93 bits per heavy atom. The normalized spacial score (nSPS) is 21.9. The first kappa shape index (κ1) is 32.3. The van der Waals surface area contributed by atoms with Crippen molar-refractivity contribution in [3.63, 3.8) is 0 Å². The Hall–Kier alpha value is -2.58. The van der Waals surface area contributed by atoms with E-state index in [0.717, 1.165) is 42.8 Å². The van der Waals surface area contributed by atoms with Gasteiger partial charge in [0.2, 0.25) is 0 Å². The Bertz CT molecular complexity index is 1260. The molecule has 232 valence electrons. The molecule has 42 heavy (non-hydrogen) atoms. The fourth-order valence-corrected chi connectivity index (χ4v) is 7.33. The number of carbonyl (C=O) groups is 1. The number of rotatable bonds is 5. The number of pyridine rings is 1. The number of aromatic nitrogens is 3. The van der Waals surface area contributed by atoms with E-state index in [1.807, 2.05) is 49.0 Å². The minimum Gasteiger partial charge on any atom is -0.373 e. The van der Waals surface area contributed by atoms with Crippen LogP contribution in [0.15, 0.2) is 24.5 Å². The summed E-state index contributed by atoms with van der Waals surface area (Å²) in [5, 5.41) is 0. The van der Waals surface area contributed by atoms with E-state index in [4.69, 9.17) is 24.4 Å². The molecular weight excluding hydrogens is 526 g/mol. The quantitative estimate of drug-likeness (QED) is 0.372. The van der Waals surface area contributed by atoms with Crippen molar-refractivity contribution in [1.82, 2.24) is 15.0 Å². The zero-order valence-corrected chi connectivity index (χ0v) is 28.3. The average Bonchev–Trinajstić information content (AvgIpc) is 2.87. The molecule has 8 nitrogen and oxygen atoms in total. The third kappa shape index (κ3) is 5.57. The lowest BCUT2D eigenvalue weighted by Gasteiger charge is -2.51. The van der Waals surface area contributed by atoms with Crippen molar-refractivity contribution in [3.8, 4) is 11.3 Å². The number of hydrogen-bond donors (Lipinski definition) is 0. The summed E-state index contributed by atoms with van der Waals surface area (Å²) in [6.07, 6.45) is 7.42. The van der Waals surface area contributed by atoms with Crippen LogP contribution in [0, 0.1) is 10.8 Å². The largest absolute Gasteiger partial charge is 0.373 e. The second kappa shape index (κ2) is 10.8. The van der Waals surface area contributed by atoms with Crippen molar-refractivity contribution < 1.29 is 14.3 Å². The molecule has 2 aromatic rings. The molecule has 1 saturated carbocycles. The van der Waals surface area contributed by atoms with Gasteiger partial charge in [-0.2, -0.15) is 0 Å². The van der Waals surface area contributed by atoms with Gasteiger partial charge in [-0.05, 0) is 83.3 Å². The van der Waals surface area contributed by atoms with Gasteiger partial charge in [-0.25, -0.2) is 9.97 Å². The number of carbonyl (C=O) groups excluding carboxylic acids is 1. The first-order chi connectivity index (χ1) is 19.2. The van der Waals surface area contributed by atoms with Crippen LogP contribution < -0.4 is 9.80 Å². The Morgan fingerprint density at radius 2 is 1.45 bits per heavy atom. The van der Waals surface area contributed by atoms with E-state index in [1.54, 1.807) is 13.3 Å². The van der Waals surface area contributed by atoms with Gasteiger partial charge in [0, 0.05) is 32.0 Å². The minimum atomic E-state index is -0.728. The van der Waals surface area contributed by atoms with E-state index < -0.39 is 11.1 Å². The van der Waals surface area contributed by atoms with Crippen molar-refractivity contribution in [2.24, 2.45) is 10.8 Å². The molecule has 1 aliphatic heterocycles. The standard InChI is InChI=1S/C34H53N5O3/c1-30(2,3)34(41-13,31(4,5)6)26-19-14-22(20-35-26)25-21-36-27-28(37-25)39(29(40)33(10,11)38(27)12)23-15-17-24(18-16-23)42-32(7,8)9/h14,19-21,23-24H,15-18H2,1-13H3. The van der Waals surface area contributed by atoms with E-state index in [-0.39, 0.29) is 34.5 Å². The molecule has 1 aliphatic carbocycles. The third-order valence-corrected chi connectivity index (χ3v) is 9.23. The van der Waals surface area contributed by atoms with Gasteiger partial charge >= 0.3 is 0 Å². The highest BCUT2D eigenvalue weighted by Gasteiger charge is 2.53. The average molecular weight is 580 g/mol. The first-order valence-electron chi connectivity index (χ1n) is 15.4.